The quantitative estimate of drug-likeness (QED) is 0.0836. The summed E-state index contributed by atoms with van der Waals surface area (Å²) in [5, 5.41) is 9.86. The molecule has 0 radical (unpaired) electrons. The highest BCUT2D eigenvalue weighted by molar-refractivity contribution is 14.1. The largest absolute Gasteiger partial charge is 0.370 e. The first-order valence-electron chi connectivity index (χ1n) is 14.9. The Labute approximate surface area is 289 Å². The van der Waals surface area contributed by atoms with Crippen LogP contribution in [0, 0.1) is 21.8 Å². The van der Waals surface area contributed by atoms with Crippen LogP contribution in [0.25, 0.3) is 10.8 Å². The van der Waals surface area contributed by atoms with E-state index in [2.05, 4.69) is 27.3 Å². The number of anilines is 1. The molecule has 4 aromatic rings. The van der Waals surface area contributed by atoms with Crippen LogP contribution in [0.1, 0.15) is 25.3 Å². The highest BCUT2D eigenvalue weighted by atomic mass is 127. The van der Waals surface area contributed by atoms with Gasteiger partial charge in [0.25, 0.3) is 10.1 Å². The third-order valence-electron chi connectivity index (χ3n) is 7.76. The Morgan fingerprint density at radius 2 is 1.62 bits per heavy atom. The van der Waals surface area contributed by atoms with Gasteiger partial charge in [-0.25, -0.2) is 8.42 Å². The molecule has 1 fully saturated rings. The number of guanidine groups is 1. The van der Waals surface area contributed by atoms with Crippen molar-refractivity contribution in [2.75, 3.05) is 24.5 Å². The first kappa shape index (κ1) is 36.3. The SMILES string of the molecule is C[C@@H](NS(=O)(=O)c1ccc(I)cc1)C(=O)N(C[C@H]1CCCN(C(=N)N)C1)c1ccc2ccccc2c1.Cc1ccc(S(=O)(=O)O)cc1. The molecule has 1 heterocycles. The zero-order valence-corrected chi connectivity index (χ0v) is 29.8. The lowest BCUT2D eigenvalue weighted by Gasteiger charge is -2.36. The average Bonchev–Trinajstić information content (AvgIpc) is 3.03. The molecular formula is C33H38IN5O6S2. The Bertz CT molecular complexity index is 1940. The van der Waals surface area contributed by atoms with Gasteiger partial charge in [0.2, 0.25) is 15.9 Å². The predicted molar refractivity (Wildman–Crippen MR) is 192 cm³/mol. The molecule has 0 spiro atoms. The summed E-state index contributed by atoms with van der Waals surface area (Å²) in [5.41, 5.74) is 7.39. The van der Waals surface area contributed by atoms with Crippen LogP contribution in [0.3, 0.4) is 0 Å². The van der Waals surface area contributed by atoms with E-state index >= 15 is 0 Å². The number of likely N-dealkylation sites (tertiary alicyclic amines) is 1. The molecule has 5 N–H and O–H groups in total. The van der Waals surface area contributed by atoms with Gasteiger partial charge >= 0.3 is 0 Å². The van der Waals surface area contributed by atoms with Crippen LogP contribution < -0.4 is 15.4 Å². The van der Waals surface area contributed by atoms with E-state index < -0.39 is 26.2 Å². The minimum absolute atomic E-state index is 0.0296. The summed E-state index contributed by atoms with van der Waals surface area (Å²) in [6.45, 7) is 5.12. The summed E-state index contributed by atoms with van der Waals surface area (Å²) >= 11 is 2.11. The van der Waals surface area contributed by atoms with Crippen molar-refractivity contribution in [3.8, 4) is 0 Å². The van der Waals surface area contributed by atoms with Gasteiger partial charge in [-0.05, 0) is 115 Å². The maximum atomic E-state index is 13.7. The minimum atomic E-state index is -4.02. The number of aryl methyl sites for hydroxylation is 1. The van der Waals surface area contributed by atoms with Gasteiger partial charge in [-0.1, -0.05) is 48.0 Å². The second-order valence-electron chi connectivity index (χ2n) is 11.4. The van der Waals surface area contributed by atoms with Crippen LogP contribution in [-0.4, -0.2) is 63.8 Å². The Hall–Kier alpha value is -3.57. The lowest BCUT2D eigenvalue weighted by molar-refractivity contribution is -0.120. The number of sulfonamides is 1. The molecule has 4 aromatic carbocycles. The molecular weight excluding hydrogens is 753 g/mol. The number of piperidine rings is 1. The number of carbonyl (C=O) groups excluding carboxylic acids is 1. The normalized spacial score (nSPS) is 15.7. The third-order valence-corrected chi connectivity index (χ3v) is 10.9. The number of nitrogens with one attached hydrogen (secondary N) is 2. The molecule has 11 nitrogen and oxygen atoms in total. The van der Waals surface area contributed by atoms with Gasteiger partial charge < -0.3 is 15.5 Å². The topological polar surface area (TPSA) is 174 Å². The first-order valence-corrected chi connectivity index (χ1v) is 18.9. The molecule has 0 unspecified atom stereocenters. The molecule has 47 heavy (non-hydrogen) atoms. The second-order valence-corrected chi connectivity index (χ2v) is 15.8. The van der Waals surface area contributed by atoms with Crippen LogP contribution >= 0.6 is 22.6 Å². The number of carbonyl (C=O) groups is 1. The fraction of sp³-hybridized carbons (Fsp3) is 0.273. The van der Waals surface area contributed by atoms with Gasteiger partial charge in [-0.3, -0.25) is 14.8 Å². The van der Waals surface area contributed by atoms with E-state index in [9.17, 15) is 21.6 Å². The van der Waals surface area contributed by atoms with E-state index in [1.54, 1.807) is 36.1 Å². The number of benzene rings is 4. The van der Waals surface area contributed by atoms with Crippen molar-refractivity contribution in [2.45, 2.75) is 42.5 Å². The molecule has 1 saturated heterocycles. The molecule has 0 aromatic heterocycles. The van der Waals surface area contributed by atoms with E-state index in [0.29, 0.717) is 18.8 Å². The molecule has 14 heteroatoms. The number of halogens is 1. The van der Waals surface area contributed by atoms with Gasteiger partial charge in [0.15, 0.2) is 5.96 Å². The lowest BCUT2D eigenvalue weighted by Crippen LogP contribution is -2.51. The van der Waals surface area contributed by atoms with Gasteiger partial charge in [-0.15, -0.1) is 0 Å². The standard InChI is InChI=1S/C26H30IN5O3S.C7H8O3S/c1-18(30-36(34,35)24-12-9-22(27)10-13-24)25(33)32(17-19-5-4-14-31(16-19)26(28)29)23-11-8-20-6-2-3-7-21(20)15-23;1-6-2-4-7(5-3-6)11(8,9)10/h2-3,6-13,15,18-19,30H,4-5,14,16-17H2,1H3,(H3,28,29);2-5H,1H3,(H,8,9,10)/t18-,19+;/m1./s1. The molecule has 2 atom stereocenters. The maximum absolute atomic E-state index is 13.7. The number of fused-ring (bicyclic) bond motifs is 1. The van der Waals surface area contributed by atoms with Crippen LogP contribution in [0.4, 0.5) is 5.69 Å². The van der Waals surface area contributed by atoms with Crippen molar-refractivity contribution in [1.29, 1.82) is 5.41 Å². The average molecular weight is 792 g/mol. The number of nitrogens with zero attached hydrogens (tertiary/aromatic N) is 2. The first-order chi connectivity index (χ1) is 22.1. The van der Waals surface area contributed by atoms with Crippen molar-refractivity contribution in [2.24, 2.45) is 11.7 Å². The molecule has 0 bridgehead atoms. The van der Waals surface area contributed by atoms with Crippen LogP contribution in [0.5, 0.6) is 0 Å². The van der Waals surface area contributed by atoms with E-state index in [0.717, 1.165) is 39.3 Å². The summed E-state index contributed by atoms with van der Waals surface area (Å²) < 4.78 is 59.0. The molecule has 5 rings (SSSR count). The van der Waals surface area contributed by atoms with Crippen molar-refractivity contribution in [3.05, 3.63) is 100 Å². The summed E-state index contributed by atoms with van der Waals surface area (Å²) in [5.74, 6) is -0.209. The second kappa shape index (κ2) is 15.6. The molecule has 0 aliphatic carbocycles. The third kappa shape index (κ3) is 9.96. The van der Waals surface area contributed by atoms with Crippen molar-refractivity contribution >= 4 is 71.1 Å². The fourth-order valence-electron chi connectivity index (χ4n) is 5.27. The van der Waals surface area contributed by atoms with E-state index in [1.807, 2.05) is 54.3 Å². The van der Waals surface area contributed by atoms with E-state index in [4.69, 9.17) is 15.7 Å². The Balaban J connectivity index is 0.000000385. The Morgan fingerprint density at radius 1 is 1.00 bits per heavy atom. The van der Waals surface area contributed by atoms with Crippen molar-refractivity contribution < 1.29 is 26.2 Å². The summed E-state index contributed by atoms with van der Waals surface area (Å²) in [7, 11) is -7.90. The van der Waals surface area contributed by atoms with Gasteiger partial charge in [-0.2, -0.15) is 13.1 Å². The summed E-state index contributed by atoms with van der Waals surface area (Å²) in [6, 6.07) is 25.2. The van der Waals surface area contributed by atoms with Gasteiger partial charge in [0.05, 0.1) is 15.8 Å². The number of amides is 1. The molecule has 1 amide bonds. The van der Waals surface area contributed by atoms with Gasteiger partial charge in [0.1, 0.15) is 0 Å². The van der Waals surface area contributed by atoms with Crippen molar-refractivity contribution in [1.82, 2.24) is 9.62 Å². The molecule has 250 valence electrons. The van der Waals surface area contributed by atoms with Crippen molar-refractivity contribution in [3.63, 3.8) is 0 Å². The Morgan fingerprint density at radius 3 is 2.23 bits per heavy atom. The summed E-state index contributed by atoms with van der Waals surface area (Å²) in [6.07, 6.45) is 1.77. The van der Waals surface area contributed by atoms with E-state index in [-0.39, 0.29) is 27.6 Å². The predicted octanol–water partition coefficient (Wildman–Crippen LogP) is 4.99. The van der Waals surface area contributed by atoms with Crippen LogP contribution in [-0.2, 0) is 24.9 Å². The molecule has 1 aliphatic heterocycles. The zero-order valence-electron chi connectivity index (χ0n) is 26.0. The molecule has 1 aliphatic rings. The number of rotatable bonds is 8. The van der Waals surface area contributed by atoms with Crippen LogP contribution in [0.15, 0.2) is 101 Å². The van der Waals surface area contributed by atoms with Crippen LogP contribution in [0.2, 0.25) is 0 Å². The highest BCUT2D eigenvalue weighted by Crippen LogP contribution is 2.26. The molecule has 0 saturated carbocycles. The Kier molecular flexibility index (Phi) is 12.0. The fourth-order valence-corrected chi connectivity index (χ4v) is 7.30. The smallest absolute Gasteiger partial charge is 0.294 e. The zero-order chi connectivity index (χ0) is 34.4. The monoisotopic (exact) mass is 791 g/mol. The number of hydrogen-bond acceptors (Lipinski definition) is 6. The number of nitrogens with two attached hydrogens (primary N) is 1. The summed E-state index contributed by atoms with van der Waals surface area (Å²) in [4.78, 5) is 17.3. The highest BCUT2D eigenvalue weighted by Gasteiger charge is 2.30. The number of hydrogen-bond donors (Lipinski definition) is 4. The minimum Gasteiger partial charge on any atom is -0.370 e. The van der Waals surface area contributed by atoms with Gasteiger partial charge in [0, 0.05) is 28.9 Å². The van der Waals surface area contributed by atoms with E-state index in [1.165, 1.54) is 24.3 Å². The lowest BCUT2D eigenvalue weighted by atomic mass is 9.96. The maximum Gasteiger partial charge on any atom is 0.294 e.